The number of rotatable bonds is 2. The number of sulfone groups is 1. The largest absolute Gasteiger partial charge is 0.490 e. The first kappa shape index (κ1) is 22.0. The zero-order valence-corrected chi connectivity index (χ0v) is 16.6. The molecule has 2 aliphatic rings. The minimum absolute atomic E-state index is 0.257. The van der Waals surface area contributed by atoms with Gasteiger partial charge >= 0.3 is 6.18 Å². The smallest absolute Gasteiger partial charge is 0.416 e. The summed E-state index contributed by atoms with van der Waals surface area (Å²) in [6, 6.07) is 4.13. The van der Waals surface area contributed by atoms with E-state index in [-0.39, 0.29) is 6.42 Å². The van der Waals surface area contributed by atoms with E-state index in [1.54, 1.807) is 0 Å². The van der Waals surface area contributed by atoms with Crippen LogP contribution in [0.3, 0.4) is 0 Å². The van der Waals surface area contributed by atoms with Crippen molar-refractivity contribution in [3.05, 3.63) is 59.2 Å². The summed E-state index contributed by atoms with van der Waals surface area (Å²) >= 11 is 0. The lowest BCUT2D eigenvalue weighted by Crippen LogP contribution is -2.59. The van der Waals surface area contributed by atoms with Crippen molar-refractivity contribution in [2.24, 2.45) is 5.92 Å². The average molecular weight is 464 g/mol. The van der Waals surface area contributed by atoms with Crippen molar-refractivity contribution < 1.29 is 45.3 Å². The summed E-state index contributed by atoms with van der Waals surface area (Å²) in [7, 11) is -4.68. The molecular formula is C20H17F5O5S. The van der Waals surface area contributed by atoms with E-state index in [1.165, 1.54) is 0 Å². The summed E-state index contributed by atoms with van der Waals surface area (Å²) in [5.41, 5.74) is -1.71. The molecule has 1 fully saturated rings. The predicted octanol–water partition coefficient (Wildman–Crippen LogP) is 3.18. The first-order chi connectivity index (χ1) is 14.4. The van der Waals surface area contributed by atoms with E-state index < -0.39 is 85.3 Å². The van der Waals surface area contributed by atoms with E-state index in [2.05, 4.69) is 0 Å². The molecule has 4 rings (SSSR count). The molecule has 0 amide bonds. The average Bonchev–Trinajstić information content (AvgIpc) is 2.72. The van der Waals surface area contributed by atoms with Gasteiger partial charge in [0, 0.05) is 5.92 Å². The lowest BCUT2D eigenvalue weighted by Gasteiger charge is -2.50. The second-order valence-electron chi connectivity index (χ2n) is 7.66. The van der Waals surface area contributed by atoms with Crippen LogP contribution in [0.15, 0.2) is 41.3 Å². The van der Waals surface area contributed by atoms with Crippen molar-refractivity contribution in [3.8, 4) is 5.75 Å². The number of fused-ring (bicyclic) bond motifs is 3. The van der Waals surface area contributed by atoms with Crippen LogP contribution in [0, 0.1) is 17.6 Å². The Balaban J connectivity index is 1.98. The third-order valence-corrected chi connectivity index (χ3v) is 8.64. The van der Waals surface area contributed by atoms with Gasteiger partial charge in [-0.15, -0.1) is 0 Å². The highest BCUT2D eigenvalue weighted by Crippen LogP contribution is 2.56. The van der Waals surface area contributed by atoms with Crippen LogP contribution in [0.4, 0.5) is 22.0 Å². The molecule has 1 saturated carbocycles. The van der Waals surface area contributed by atoms with Gasteiger partial charge in [0.25, 0.3) is 0 Å². The number of benzene rings is 2. The second kappa shape index (κ2) is 7.14. The Hall–Kier alpha value is -2.24. The molecule has 0 spiro atoms. The molecule has 2 aromatic carbocycles. The Morgan fingerprint density at radius 2 is 1.61 bits per heavy atom. The van der Waals surface area contributed by atoms with Gasteiger partial charge in [-0.1, -0.05) is 0 Å². The molecule has 0 unspecified atom stereocenters. The molecule has 5 nitrogen and oxygen atoms in total. The molecule has 1 aliphatic carbocycles. The van der Waals surface area contributed by atoms with E-state index in [0.717, 1.165) is 24.3 Å². The van der Waals surface area contributed by atoms with E-state index in [9.17, 15) is 40.6 Å². The Kier molecular flexibility index (Phi) is 5.06. The highest BCUT2D eigenvalue weighted by molar-refractivity contribution is 7.92. The van der Waals surface area contributed by atoms with Crippen LogP contribution in [0.25, 0.3) is 0 Å². The van der Waals surface area contributed by atoms with E-state index in [1.807, 2.05) is 0 Å². The number of halogens is 5. The summed E-state index contributed by atoms with van der Waals surface area (Å²) < 4.78 is 98.6. The highest BCUT2D eigenvalue weighted by Gasteiger charge is 2.62. The predicted molar refractivity (Wildman–Crippen MR) is 96.9 cm³/mol. The summed E-state index contributed by atoms with van der Waals surface area (Å²) in [6.45, 7) is -0.536. The van der Waals surface area contributed by atoms with Crippen molar-refractivity contribution in [1.29, 1.82) is 0 Å². The van der Waals surface area contributed by atoms with Gasteiger partial charge in [0.2, 0.25) is 0 Å². The monoisotopic (exact) mass is 464 g/mol. The molecule has 0 aromatic heterocycles. The third kappa shape index (κ3) is 3.13. The maximum absolute atomic E-state index is 15.0. The number of hydrogen-bond donors (Lipinski definition) is 2. The molecule has 2 aromatic rings. The number of ether oxygens (including phenoxy) is 1. The normalized spacial score (nSPS) is 28.4. The van der Waals surface area contributed by atoms with Crippen molar-refractivity contribution >= 4 is 9.84 Å². The van der Waals surface area contributed by atoms with Gasteiger partial charge in [0.05, 0.1) is 34.8 Å². The molecule has 1 aliphatic heterocycles. The minimum Gasteiger partial charge on any atom is -0.490 e. The number of alkyl halides is 3. The minimum atomic E-state index is -4.70. The van der Waals surface area contributed by atoms with Crippen LogP contribution in [0.1, 0.15) is 24.0 Å². The van der Waals surface area contributed by atoms with Crippen molar-refractivity contribution in [3.63, 3.8) is 0 Å². The quantitative estimate of drug-likeness (QED) is 0.668. The fraction of sp³-hybridized carbons (Fsp3) is 0.400. The van der Waals surface area contributed by atoms with Crippen LogP contribution < -0.4 is 4.74 Å². The molecule has 0 radical (unpaired) electrons. The maximum Gasteiger partial charge on any atom is 0.416 e. The van der Waals surface area contributed by atoms with Gasteiger partial charge in [-0.3, -0.25) is 0 Å². The zero-order valence-electron chi connectivity index (χ0n) is 15.7. The molecule has 0 bridgehead atoms. The Bertz CT molecular complexity index is 1120. The van der Waals surface area contributed by atoms with Gasteiger partial charge in [-0.05, 0) is 49.2 Å². The standard InChI is InChI=1S/C20H17F5O5S/c21-13-5-6-14(22)18-16(13)19(8-7-15(26)17(27)12(19)9-30-18)31(28,29)11-3-1-10(2-4-11)20(23,24)25/h1-6,12,15,17,26-27H,7-9H2/t12-,15-,17-,19-/m0/s1. The maximum atomic E-state index is 15.0. The molecule has 168 valence electrons. The van der Waals surface area contributed by atoms with Crippen molar-refractivity contribution in [1.82, 2.24) is 0 Å². The topological polar surface area (TPSA) is 83.8 Å². The van der Waals surface area contributed by atoms with Gasteiger partial charge in [-0.2, -0.15) is 13.2 Å². The van der Waals surface area contributed by atoms with Crippen LogP contribution in [-0.2, 0) is 20.8 Å². The zero-order chi connectivity index (χ0) is 22.8. The fourth-order valence-electron chi connectivity index (χ4n) is 4.55. The van der Waals surface area contributed by atoms with Gasteiger partial charge in [0.15, 0.2) is 21.4 Å². The summed E-state index contributed by atoms with van der Waals surface area (Å²) in [4.78, 5) is -0.550. The SMILES string of the molecule is O=S(=O)(c1ccc(C(F)(F)F)cc1)[C@@]12CC[C@H](O)[C@@H](O)[C@@H]1COc1c(F)ccc(F)c12. The van der Waals surface area contributed by atoms with Crippen molar-refractivity contribution in [2.45, 2.75) is 40.9 Å². The van der Waals surface area contributed by atoms with Crippen LogP contribution in [0.2, 0.25) is 0 Å². The number of aliphatic hydroxyl groups is 2. The Labute approximate surface area is 174 Å². The highest BCUT2D eigenvalue weighted by atomic mass is 32.2. The van der Waals surface area contributed by atoms with Gasteiger partial charge in [0.1, 0.15) is 10.6 Å². The van der Waals surface area contributed by atoms with Crippen molar-refractivity contribution in [2.75, 3.05) is 6.61 Å². The lowest BCUT2D eigenvalue weighted by molar-refractivity contribution is -0.137. The molecular weight excluding hydrogens is 447 g/mol. The van der Waals surface area contributed by atoms with Crippen LogP contribution in [0.5, 0.6) is 5.75 Å². The molecule has 31 heavy (non-hydrogen) atoms. The first-order valence-electron chi connectivity index (χ1n) is 9.30. The van der Waals surface area contributed by atoms with Gasteiger partial charge < -0.3 is 14.9 Å². The first-order valence-corrected chi connectivity index (χ1v) is 10.8. The molecule has 0 saturated heterocycles. The Morgan fingerprint density at radius 3 is 2.23 bits per heavy atom. The number of aliphatic hydroxyl groups excluding tert-OH is 2. The molecule has 4 atom stereocenters. The molecule has 2 N–H and O–H groups in total. The van der Waals surface area contributed by atoms with E-state index in [0.29, 0.717) is 12.1 Å². The third-order valence-electron chi connectivity index (χ3n) is 6.08. The van der Waals surface area contributed by atoms with E-state index >= 15 is 0 Å². The Morgan fingerprint density at radius 1 is 1.00 bits per heavy atom. The lowest BCUT2D eigenvalue weighted by atomic mass is 9.70. The van der Waals surface area contributed by atoms with Gasteiger partial charge in [-0.25, -0.2) is 17.2 Å². The summed E-state index contributed by atoms with van der Waals surface area (Å²) in [6.07, 6.45) is -8.32. The molecule has 11 heteroatoms. The summed E-state index contributed by atoms with van der Waals surface area (Å²) in [5.74, 6) is -4.12. The number of hydrogen-bond acceptors (Lipinski definition) is 5. The van der Waals surface area contributed by atoms with E-state index in [4.69, 9.17) is 4.74 Å². The summed E-state index contributed by atoms with van der Waals surface area (Å²) in [5, 5.41) is 20.6. The fourth-order valence-corrected chi connectivity index (χ4v) is 6.92. The molecule has 1 heterocycles. The van der Waals surface area contributed by atoms with Crippen LogP contribution >= 0.6 is 0 Å². The van der Waals surface area contributed by atoms with Crippen LogP contribution in [-0.4, -0.2) is 37.4 Å². The second-order valence-corrected chi connectivity index (χ2v) is 9.87.